The molecule has 7 atom stereocenters. The number of hydrogen-bond acceptors (Lipinski definition) is 11. The Morgan fingerprint density at radius 1 is 0.776 bits per heavy atom. The van der Waals surface area contributed by atoms with Crippen LogP contribution in [0.4, 0.5) is 0 Å². The van der Waals surface area contributed by atoms with Gasteiger partial charge in [-0.3, -0.25) is 33.6 Å². The summed E-state index contributed by atoms with van der Waals surface area (Å²) in [7, 11) is 0. The van der Waals surface area contributed by atoms with Crippen LogP contribution in [0.25, 0.3) is 10.9 Å². The fourth-order valence-corrected chi connectivity index (χ4v) is 5.93. The van der Waals surface area contributed by atoms with E-state index in [0.717, 1.165) is 10.9 Å². The third-order valence-corrected chi connectivity index (χ3v) is 9.62. The van der Waals surface area contributed by atoms with Gasteiger partial charge in [0.1, 0.15) is 36.3 Å². The molecule has 322 valence electrons. The van der Waals surface area contributed by atoms with Crippen LogP contribution in [0.15, 0.2) is 30.5 Å². The van der Waals surface area contributed by atoms with E-state index < -0.39 is 109 Å². The number of primary amides is 1. The lowest BCUT2D eigenvalue weighted by molar-refractivity contribution is -0.142. The molecule has 0 bridgehead atoms. The molecule has 0 spiro atoms. The van der Waals surface area contributed by atoms with Crippen molar-refractivity contribution in [3.8, 4) is 0 Å². The summed E-state index contributed by atoms with van der Waals surface area (Å²) in [5.41, 5.74) is 17.8. The molecule has 0 saturated carbocycles. The van der Waals surface area contributed by atoms with Crippen molar-refractivity contribution in [2.45, 2.75) is 109 Å². The Hall–Kier alpha value is -5.60. The van der Waals surface area contributed by atoms with Crippen molar-refractivity contribution in [2.24, 2.45) is 29.0 Å². The lowest BCUT2D eigenvalue weighted by atomic mass is 9.97. The maximum absolute atomic E-state index is 13.9. The fraction of sp³-hybridized carbons (Fsp3) is 0.579. The summed E-state index contributed by atoms with van der Waals surface area (Å²) in [6, 6.07) is -0.427. The number of carboxylic acid groups (broad SMARTS) is 1. The molecular weight excluding hydrogens is 756 g/mol. The average molecular weight is 817 g/mol. The fourth-order valence-electron chi connectivity index (χ4n) is 5.93. The van der Waals surface area contributed by atoms with Gasteiger partial charge in [-0.1, -0.05) is 52.3 Å². The van der Waals surface area contributed by atoms with Gasteiger partial charge in [0.25, 0.3) is 0 Å². The smallest absolute Gasteiger partial charge is 0.326 e. The van der Waals surface area contributed by atoms with Gasteiger partial charge in [0.2, 0.25) is 41.4 Å². The number of aliphatic hydroxyl groups excluding tert-OH is 1. The highest BCUT2D eigenvalue weighted by molar-refractivity contribution is 5.97. The third kappa shape index (κ3) is 15.4. The van der Waals surface area contributed by atoms with Crippen molar-refractivity contribution < 1.29 is 48.6 Å². The molecule has 0 fully saturated rings. The molecule has 7 amide bonds. The zero-order valence-corrected chi connectivity index (χ0v) is 33.5. The quantitative estimate of drug-likeness (QED) is 0.0448. The highest BCUT2D eigenvalue weighted by atomic mass is 16.4. The number of amides is 7. The first kappa shape index (κ1) is 48.5. The molecule has 0 unspecified atom stereocenters. The van der Waals surface area contributed by atoms with E-state index in [1.54, 1.807) is 52.1 Å². The van der Waals surface area contributed by atoms with Gasteiger partial charge < -0.3 is 64.3 Å². The first-order chi connectivity index (χ1) is 27.4. The summed E-state index contributed by atoms with van der Waals surface area (Å²) in [6.45, 7) is 5.79. The van der Waals surface area contributed by atoms with E-state index in [2.05, 4.69) is 36.9 Å². The number of benzene rings is 1. The normalized spacial score (nSPS) is 14.8. The summed E-state index contributed by atoms with van der Waals surface area (Å²) >= 11 is 0. The zero-order chi connectivity index (χ0) is 43.5. The Bertz CT molecular complexity index is 1730. The second-order valence-corrected chi connectivity index (χ2v) is 14.5. The van der Waals surface area contributed by atoms with Gasteiger partial charge >= 0.3 is 5.97 Å². The second-order valence-electron chi connectivity index (χ2n) is 14.5. The van der Waals surface area contributed by atoms with Crippen LogP contribution < -0.4 is 49.1 Å². The van der Waals surface area contributed by atoms with Crippen molar-refractivity contribution in [1.29, 1.82) is 0 Å². The first-order valence-electron chi connectivity index (χ1n) is 19.3. The van der Waals surface area contributed by atoms with Crippen molar-refractivity contribution in [3.05, 3.63) is 36.0 Å². The molecule has 15 N–H and O–H groups in total. The van der Waals surface area contributed by atoms with Crippen molar-refractivity contribution >= 4 is 58.2 Å². The molecule has 2 rings (SSSR count). The molecule has 20 nitrogen and oxygen atoms in total. The van der Waals surface area contributed by atoms with Crippen LogP contribution in [0.3, 0.4) is 0 Å². The van der Waals surface area contributed by atoms with Gasteiger partial charge in [-0.15, -0.1) is 0 Å². The number of aliphatic carboxylic acids is 1. The molecule has 1 aromatic carbocycles. The number of unbranched alkanes of at least 4 members (excludes halogenated alkanes) is 1. The van der Waals surface area contributed by atoms with E-state index in [-0.39, 0.29) is 25.7 Å². The summed E-state index contributed by atoms with van der Waals surface area (Å²) < 4.78 is 0. The standard InChI is InChI=1S/C38H60N10O10/c1-5-21(4)32(37(56)45-27(38(57)58)12-8-9-15-39)47-30(51)18-43-34(53)28(16-22-17-42-25-11-7-6-10-23(22)25)46-35(54)26(13-14-29(41)50)44-36(55)31(20(2)3)48-33(52)24(40)19-49/h6-7,10-11,17,20-21,24,26-28,31-32,42,49H,5,8-9,12-16,18-19,39-40H2,1-4H3,(H2,41,50)(H,43,53)(H,44,55)(H,45,56)(H,46,54)(H,47,51)(H,48,52)(H,57,58)/t21-,24-,26-,27-,28-,31-,32-/m0/s1. The number of aromatic nitrogens is 1. The minimum Gasteiger partial charge on any atom is -0.480 e. The van der Waals surface area contributed by atoms with Crippen LogP contribution in [-0.4, -0.2) is 118 Å². The highest BCUT2D eigenvalue weighted by Crippen LogP contribution is 2.19. The van der Waals surface area contributed by atoms with Crippen molar-refractivity contribution in [3.63, 3.8) is 0 Å². The van der Waals surface area contributed by atoms with Gasteiger partial charge in [-0.05, 0) is 55.7 Å². The number of para-hydroxylation sites is 1. The number of hydrogen-bond donors (Lipinski definition) is 12. The molecule has 2 aromatic rings. The van der Waals surface area contributed by atoms with Gasteiger partial charge in [0.15, 0.2) is 0 Å². The van der Waals surface area contributed by atoms with Crippen molar-refractivity contribution in [2.75, 3.05) is 19.7 Å². The minimum atomic E-state index is -1.43. The number of H-pyrrole nitrogens is 1. The molecule has 0 saturated heterocycles. The summed E-state index contributed by atoms with van der Waals surface area (Å²) in [5, 5.41) is 34.8. The molecule has 0 aliphatic carbocycles. The number of fused-ring (bicyclic) bond motifs is 1. The van der Waals surface area contributed by atoms with Gasteiger partial charge in [-0.25, -0.2) is 4.79 Å². The number of aliphatic hydroxyl groups is 1. The Morgan fingerprint density at radius 3 is 2.02 bits per heavy atom. The van der Waals surface area contributed by atoms with E-state index in [1.165, 1.54) is 0 Å². The zero-order valence-electron chi connectivity index (χ0n) is 33.5. The molecule has 0 aliphatic heterocycles. The molecule has 20 heteroatoms. The first-order valence-corrected chi connectivity index (χ1v) is 19.3. The number of carboxylic acids is 1. The van der Waals surface area contributed by atoms with Crippen LogP contribution in [0.5, 0.6) is 0 Å². The SMILES string of the molecule is CC[C@H](C)[C@H](NC(=O)CNC(=O)[C@H](Cc1c[nH]c2ccccc12)NC(=O)[C@H](CCC(N)=O)NC(=O)[C@@H](NC(=O)[C@@H](N)CO)C(C)C)C(=O)N[C@@H](CCCCN)C(=O)O. The Balaban J connectivity index is 2.33. The number of rotatable bonds is 26. The van der Waals surface area contributed by atoms with Crippen LogP contribution >= 0.6 is 0 Å². The molecule has 1 aromatic heterocycles. The number of nitrogens with two attached hydrogens (primary N) is 3. The molecular formula is C38H60N10O10. The number of carbonyl (C=O) groups excluding carboxylic acids is 7. The molecule has 0 radical (unpaired) electrons. The number of nitrogens with one attached hydrogen (secondary N) is 7. The summed E-state index contributed by atoms with van der Waals surface area (Å²) in [5.74, 6) is -7.73. The van der Waals surface area contributed by atoms with E-state index in [1.807, 2.05) is 6.07 Å². The van der Waals surface area contributed by atoms with Gasteiger partial charge in [0, 0.05) is 29.9 Å². The summed E-state index contributed by atoms with van der Waals surface area (Å²) in [4.78, 5) is 107. The van der Waals surface area contributed by atoms with Crippen molar-refractivity contribution in [1.82, 2.24) is 36.9 Å². The molecule has 58 heavy (non-hydrogen) atoms. The minimum absolute atomic E-state index is 0.0952. The Kier molecular flexibility index (Phi) is 20.3. The van der Waals surface area contributed by atoms with E-state index in [4.69, 9.17) is 17.2 Å². The number of aromatic amines is 1. The predicted molar refractivity (Wildman–Crippen MR) is 213 cm³/mol. The van der Waals surface area contributed by atoms with E-state index >= 15 is 0 Å². The third-order valence-electron chi connectivity index (χ3n) is 9.62. The van der Waals surface area contributed by atoms with Crippen LogP contribution in [-0.2, 0) is 44.8 Å². The maximum Gasteiger partial charge on any atom is 0.326 e. The largest absolute Gasteiger partial charge is 0.480 e. The van der Waals surface area contributed by atoms with Gasteiger partial charge in [0.05, 0.1) is 13.2 Å². The van der Waals surface area contributed by atoms with Crippen LogP contribution in [0, 0.1) is 11.8 Å². The van der Waals surface area contributed by atoms with E-state index in [9.17, 15) is 48.6 Å². The lowest BCUT2D eigenvalue weighted by Gasteiger charge is -2.27. The monoisotopic (exact) mass is 816 g/mol. The average Bonchev–Trinajstić information content (AvgIpc) is 3.60. The maximum atomic E-state index is 13.9. The predicted octanol–water partition coefficient (Wildman–Crippen LogP) is -2.25. The van der Waals surface area contributed by atoms with Gasteiger partial charge in [-0.2, -0.15) is 0 Å². The molecule has 0 aliphatic rings. The summed E-state index contributed by atoms with van der Waals surface area (Å²) in [6.07, 6.45) is 2.56. The number of carbonyl (C=O) groups is 8. The second kappa shape index (κ2) is 24.2. The topological polar surface area (TPSA) is 343 Å². The highest BCUT2D eigenvalue weighted by Gasteiger charge is 2.33. The van der Waals surface area contributed by atoms with Crippen LogP contribution in [0.1, 0.15) is 71.8 Å². The Labute approximate surface area is 336 Å². The lowest BCUT2D eigenvalue weighted by Crippen LogP contribution is -2.59. The Morgan fingerprint density at radius 2 is 1.41 bits per heavy atom. The molecule has 1 heterocycles. The van der Waals surface area contributed by atoms with Crippen LogP contribution in [0.2, 0.25) is 0 Å². The van der Waals surface area contributed by atoms with E-state index in [0.29, 0.717) is 31.4 Å².